The third kappa shape index (κ3) is 8.70. The van der Waals surface area contributed by atoms with Crippen molar-refractivity contribution in [1.29, 1.82) is 5.41 Å². The lowest BCUT2D eigenvalue weighted by Gasteiger charge is -2.51. The molecular weight excluding hydrogens is 739 g/mol. The number of nitrogens with one attached hydrogen (secondary N) is 1. The summed E-state index contributed by atoms with van der Waals surface area (Å²) in [7, 11) is 0. The number of carbonyl (C=O) groups is 2. The van der Waals surface area contributed by atoms with E-state index in [1.807, 2.05) is 24.3 Å². The maximum absolute atomic E-state index is 12.5. The molecule has 4 saturated heterocycles. The molecule has 1 N–H and O–H groups in total. The third-order valence-corrected chi connectivity index (χ3v) is 8.82. The van der Waals surface area contributed by atoms with Gasteiger partial charge in [-0.15, -0.1) is 0 Å². The first kappa shape index (κ1) is 37.5. The van der Waals surface area contributed by atoms with Gasteiger partial charge in [-0.3, -0.25) is 15.0 Å². The highest BCUT2D eigenvalue weighted by atomic mass is 35.6. The number of ether oxygens (including phenoxy) is 10. The Labute approximate surface area is 306 Å². The highest BCUT2D eigenvalue weighted by Crippen LogP contribution is 2.42. The van der Waals surface area contributed by atoms with Gasteiger partial charge < -0.3 is 47.4 Å². The lowest BCUT2D eigenvalue weighted by molar-refractivity contribution is -0.390. The summed E-state index contributed by atoms with van der Waals surface area (Å²) in [5.41, 5.74) is 11.0. The monoisotopic (exact) mass is 770 g/mol. The summed E-state index contributed by atoms with van der Waals surface area (Å²) >= 11 is 17.7. The van der Waals surface area contributed by atoms with Crippen molar-refractivity contribution in [3.8, 4) is 0 Å². The molecule has 2 aromatic carbocycles. The Morgan fingerprint density at radius 2 is 1.25 bits per heavy atom. The number of hydrogen-bond donors (Lipinski definition) is 1. The first-order valence-electron chi connectivity index (χ1n) is 15.7. The van der Waals surface area contributed by atoms with E-state index in [1.54, 1.807) is 36.4 Å². The van der Waals surface area contributed by atoms with E-state index in [1.165, 1.54) is 6.92 Å². The second-order valence-electron chi connectivity index (χ2n) is 11.8. The van der Waals surface area contributed by atoms with E-state index >= 15 is 0 Å². The normalized spacial score (nSPS) is 34.8. The minimum absolute atomic E-state index is 0.0409. The highest BCUT2D eigenvalue weighted by Gasteiger charge is 2.58. The molecule has 51 heavy (non-hydrogen) atoms. The van der Waals surface area contributed by atoms with Crippen molar-refractivity contribution in [2.75, 3.05) is 13.2 Å². The first-order valence-corrected chi connectivity index (χ1v) is 16.9. The number of halogens is 3. The standard InChI is InChI=1S/C32H33Cl3N4O12/c1-15(40)44-25-23-20(14-43-28(49-23)18-11-7-4-8-12-18)47-30(26(25)45-16(2)41)50-24-21(38-39-37)29(51-31(36)32(33,34)35)46-19-13-42-27(48-22(19)24)17-9-5-3-6-10-17/h3-12,19-30,36H,13-14H2,1-2H3/t19-,20-,21-,22+,23+,24-,25+,26-,27+,28+,29-,30+/m1/s1. The zero-order valence-electron chi connectivity index (χ0n) is 27.0. The first-order chi connectivity index (χ1) is 24.4. The van der Waals surface area contributed by atoms with E-state index in [9.17, 15) is 15.1 Å². The molecule has 0 aliphatic carbocycles. The van der Waals surface area contributed by atoms with Crippen LogP contribution in [0.2, 0.25) is 0 Å². The fourth-order valence-corrected chi connectivity index (χ4v) is 6.32. The smallest absolute Gasteiger partial charge is 0.303 e. The molecule has 0 aromatic heterocycles. The number of alkyl halides is 3. The Bertz CT molecular complexity index is 1600. The molecular formula is C32H33Cl3N4O12. The number of carbonyl (C=O) groups excluding carboxylic acids is 2. The average molecular weight is 772 g/mol. The molecule has 4 fully saturated rings. The van der Waals surface area contributed by atoms with Crippen molar-refractivity contribution in [3.05, 3.63) is 82.2 Å². The molecule has 6 rings (SSSR count). The largest absolute Gasteiger partial charge is 0.455 e. The quantitative estimate of drug-likeness (QED) is 0.0721. The van der Waals surface area contributed by atoms with Crippen LogP contribution in [0, 0.1) is 5.41 Å². The maximum Gasteiger partial charge on any atom is 0.303 e. The van der Waals surface area contributed by atoms with Crippen LogP contribution >= 0.6 is 34.8 Å². The molecule has 0 spiro atoms. The van der Waals surface area contributed by atoms with Crippen LogP contribution in [-0.4, -0.2) is 96.2 Å². The number of rotatable bonds is 8. The molecule has 16 nitrogen and oxygen atoms in total. The summed E-state index contributed by atoms with van der Waals surface area (Å²) in [6.45, 7) is 2.25. The Morgan fingerprint density at radius 3 is 1.75 bits per heavy atom. The average Bonchev–Trinajstić information content (AvgIpc) is 3.10. The topological polar surface area (TPSA) is 199 Å². The van der Waals surface area contributed by atoms with Crippen LogP contribution in [0.25, 0.3) is 10.4 Å². The summed E-state index contributed by atoms with van der Waals surface area (Å²) in [4.78, 5) is 28.0. The van der Waals surface area contributed by atoms with Crippen molar-refractivity contribution in [3.63, 3.8) is 0 Å². The van der Waals surface area contributed by atoms with Crippen LogP contribution in [0.4, 0.5) is 0 Å². The maximum atomic E-state index is 12.5. The number of hydrogen-bond acceptors (Lipinski definition) is 14. The number of nitrogens with zero attached hydrogens (tertiary/aromatic N) is 3. The molecule has 0 bridgehead atoms. The molecule has 12 atom stereocenters. The van der Waals surface area contributed by atoms with Gasteiger partial charge in [0.25, 0.3) is 3.79 Å². The van der Waals surface area contributed by atoms with Gasteiger partial charge in [0.1, 0.15) is 36.6 Å². The van der Waals surface area contributed by atoms with Crippen molar-refractivity contribution in [1.82, 2.24) is 0 Å². The van der Waals surface area contributed by atoms with Gasteiger partial charge in [0, 0.05) is 29.9 Å². The van der Waals surface area contributed by atoms with Crippen LogP contribution < -0.4 is 0 Å². The fourth-order valence-electron chi connectivity index (χ4n) is 6.19. The van der Waals surface area contributed by atoms with Crippen molar-refractivity contribution < 1.29 is 57.0 Å². The van der Waals surface area contributed by atoms with Gasteiger partial charge in [0.15, 0.2) is 31.1 Å². The molecule has 4 aliphatic rings. The molecule has 19 heteroatoms. The van der Waals surface area contributed by atoms with Crippen LogP contribution in [0.5, 0.6) is 0 Å². The van der Waals surface area contributed by atoms with Crippen LogP contribution in [0.3, 0.4) is 0 Å². The van der Waals surface area contributed by atoms with E-state index in [-0.39, 0.29) is 13.2 Å². The summed E-state index contributed by atoms with van der Waals surface area (Å²) in [5.74, 6) is -2.28. The Kier molecular flexibility index (Phi) is 11.9. The van der Waals surface area contributed by atoms with Gasteiger partial charge >= 0.3 is 11.9 Å². The van der Waals surface area contributed by atoms with Gasteiger partial charge in [-0.2, -0.15) is 0 Å². The molecule has 274 valence electrons. The van der Waals surface area contributed by atoms with Gasteiger partial charge in [-0.1, -0.05) is 101 Å². The summed E-state index contributed by atoms with van der Waals surface area (Å²) in [5, 5.41) is 12.1. The number of benzene rings is 2. The van der Waals surface area contributed by atoms with Gasteiger partial charge in [-0.05, 0) is 5.53 Å². The van der Waals surface area contributed by atoms with E-state index in [2.05, 4.69) is 10.0 Å². The van der Waals surface area contributed by atoms with Crippen LogP contribution in [0.15, 0.2) is 65.8 Å². The number of fused-ring (bicyclic) bond motifs is 2. The van der Waals surface area contributed by atoms with Crippen molar-refractivity contribution in [2.24, 2.45) is 5.11 Å². The van der Waals surface area contributed by atoms with Crippen LogP contribution in [-0.2, 0) is 57.0 Å². The zero-order valence-corrected chi connectivity index (χ0v) is 29.3. The predicted molar refractivity (Wildman–Crippen MR) is 175 cm³/mol. The minimum atomic E-state index is -2.30. The lowest BCUT2D eigenvalue weighted by Crippen LogP contribution is -2.68. The summed E-state index contributed by atoms with van der Waals surface area (Å²) < 4.78 is 58.2. The summed E-state index contributed by atoms with van der Waals surface area (Å²) in [6.07, 6.45) is -12.7. The van der Waals surface area contributed by atoms with Crippen molar-refractivity contribution in [2.45, 2.75) is 91.6 Å². The van der Waals surface area contributed by atoms with E-state index in [4.69, 9.17) is 87.6 Å². The van der Waals surface area contributed by atoms with Gasteiger partial charge in [0.05, 0.1) is 13.2 Å². The van der Waals surface area contributed by atoms with Gasteiger partial charge in [-0.25, -0.2) is 0 Å². The molecule has 4 heterocycles. The van der Waals surface area contributed by atoms with Crippen LogP contribution in [0.1, 0.15) is 37.6 Å². The molecule has 0 saturated carbocycles. The Hall–Kier alpha value is -3.25. The second-order valence-corrected chi connectivity index (χ2v) is 14.1. The Morgan fingerprint density at radius 1 is 0.765 bits per heavy atom. The second kappa shape index (κ2) is 16.2. The highest BCUT2D eigenvalue weighted by molar-refractivity contribution is 6.76. The number of azide groups is 1. The number of esters is 2. The van der Waals surface area contributed by atoms with Crippen molar-refractivity contribution >= 4 is 52.6 Å². The van der Waals surface area contributed by atoms with Gasteiger partial charge in [0.2, 0.25) is 12.2 Å². The minimum Gasteiger partial charge on any atom is -0.455 e. The van der Waals surface area contributed by atoms with E-state index in [0.29, 0.717) is 11.1 Å². The summed E-state index contributed by atoms with van der Waals surface area (Å²) in [6, 6.07) is 16.7. The van der Waals surface area contributed by atoms with E-state index < -0.39 is 95.6 Å². The molecule has 4 aliphatic heterocycles. The Balaban J connectivity index is 1.35. The zero-order chi connectivity index (χ0) is 36.3. The molecule has 2 aromatic rings. The molecule has 0 radical (unpaired) electrons. The fraction of sp³-hybridized carbons (Fsp3) is 0.531. The van der Waals surface area contributed by atoms with E-state index in [0.717, 1.165) is 6.92 Å². The molecule has 0 unspecified atom stereocenters. The third-order valence-electron chi connectivity index (χ3n) is 8.31. The molecule has 0 amide bonds. The lowest BCUT2D eigenvalue weighted by atomic mass is 9.94. The predicted octanol–water partition coefficient (Wildman–Crippen LogP) is 4.96. The SMILES string of the molecule is CC(=O)O[C@H]1[C@H]2O[C@@H](c3ccccc3)OC[C@H]2O[C@@H](O[C@@H]2[C@@H](N=[N+]=[N-])[C@@H](OC(=N)C(Cl)(Cl)Cl)O[C@@H]3CO[C@H](c4ccccc4)O[C@H]23)[C@@H]1OC(C)=O.